The largest absolute Gasteiger partial charge is 0.456 e. The van der Waals surface area contributed by atoms with Crippen molar-refractivity contribution >= 4 is 190 Å². The minimum absolute atomic E-state index is 0.622. The van der Waals surface area contributed by atoms with Crippen LogP contribution in [0.5, 0.6) is 11.5 Å². The van der Waals surface area contributed by atoms with E-state index in [9.17, 15) is 0 Å². The Balaban J connectivity index is 0.000000107. The van der Waals surface area contributed by atoms with E-state index in [2.05, 4.69) is 477 Å². The molecular formula is C137H87N11O2. The van der Waals surface area contributed by atoms with Crippen LogP contribution in [0.25, 0.3) is 236 Å². The van der Waals surface area contributed by atoms with Crippen LogP contribution in [0.2, 0.25) is 0 Å². The van der Waals surface area contributed by atoms with Gasteiger partial charge in [-0.2, -0.15) is 0 Å². The zero-order chi connectivity index (χ0) is 98.8. The maximum atomic E-state index is 6.52. The molecule has 13 nitrogen and oxygen atoms in total. The first-order valence-corrected chi connectivity index (χ1v) is 50.6. The fourth-order valence-electron chi connectivity index (χ4n) is 22.6. The zero-order valence-electron chi connectivity index (χ0n) is 81.0. The summed E-state index contributed by atoms with van der Waals surface area (Å²) in [6.45, 7) is 0. The number of rotatable bonds is 11. The maximum Gasteiger partial charge on any atom is 0.227 e. The highest BCUT2D eigenvalue weighted by atomic mass is 16.5. The minimum atomic E-state index is 0.622. The highest BCUT2D eigenvalue weighted by Gasteiger charge is 2.30. The lowest BCUT2D eigenvalue weighted by Crippen LogP contribution is -2.11. The van der Waals surface area contributed by atoms with Crippen molar-refractivity contribution in [1.82, 2.24) is 43.2 Å². The van der Waals surface area contributed by atoms with E-state index in [1.54, 1.807) is 0 Å². The van der Waals surface area contributed by atoms with Gasteiger partial charge in [0.25, 0.3) is 0 Å². The normalized spacial score (nSPS) is 12.3. The van der Waals surface area contributed by atoms with E-state index < -0.39 is 0 Å². The number of hydrogen-bond acceptors (Lipinski definition) is 9. The van der Waals surface area contributed by atoms with Crippen LogP contribution in [0.15, 0.2) is 496 Å². The Labute approximate surface area is 862 Å². The Morgan fingerprint density at radius 3 is 1.19 bits per heavy atom. The molecule has 3 aliphatic heterocycles. The van der Waals surface area contributed by atoms with Gasteiger partial charge in [0.05, 0.1) is 84.0 Å². The molecule has 11 heterocycles. The summed E-state index contributed by atoms with van der Waals surface area (Å²) < 4.78 is 22.1. The van der Waals surface area contributed by atoms with E-state index >= 15 is 0 Å². The highest BCUT2D eigenvalue weighted by Crippen LogP contribution is 2.51. The first-order chi connectivity index (χ1) is 74.4. The highest BCUT2D eigenvalue weighted by molar-refractivity contribution is 6.17. The summed E-state index contributed by atoms with van der Waals surface area (Å²) in [5, 5.41) is 14.0. The molecule has 0 saturated heterocycles. The van der Waals surface area contributed by atoms with Crippen molar-refractivity contribution in [2.24, 2.45) is 0 Å². The lowest BCUT2D eigenvalue weighted by Gasteiger charge is -2.27. The Kier molecular flexibility index (Phi) is 20.6. The topological polar surface area (TPSA) is 113 Å². The lowest BCUT2D eigenvalue weighted by molar-refractivity contribution is 0.482. The molecule has 20 aromatic carbocycles. The number of nitrogens with zero attached hydrogens (tertiary/aromatic N) is 11. The van der Waals surface area contributed by atoms with Gasteiger partial charge < -0.3 is 32.7 Å². The molecule has 150 heavy (non-hydrogen) atoms. The molecule has 0 unspecified atom stereocenters. The van der Waals surface area contributed by atoms with E-state index in [0.29, 0.717) is 11.7 Å². The Hall–Kier alpha value is -20.4. The molecule has 28 aromatic rings. The van der Waals surface area contributed by atoms with Crippen molar-refractivity contribution in [3.05, 3.63) is 525 Å². The summed E-state index contributed by atoms with van der Waals surface area (Å²) in [6.07, 6.45) is 17.1. The third-order valence-electron chi connectivity index (χ3n) is 29.5. The molecule has 8 aromatic heterocycles. The summed E-state index contributed by atoms with van der Waals surface area (Å²) in [4.78, 5) is 29.8. The van der Waals surface area contributed by atoms with Gasteiger partial charge in [-0.3, -0.25) is 14.5 Å². The molecule has 13 heteroatoms. The van der Waals surface area contributed by atoms with E-state index in [1.807, 2.05) is 79.1 Å². The standard InChI is InChI=1S/C54H35N5.C44H27N3O.C39H25N3O/c1-4-16-36(17-5-1)46-35-53(56-54(55-46)38-19-6-2-7-20-38)59-49-27-15-12-23-42(49)44-33-41(30-31-50(44)59)58-48-26-14-11-24-43(48)45-34-51-39(32-52(45)58)29-28-37-18-10-13-25-47(37)57(51)40-21-8-3-9-22-40;1-4-12-35-28(9-1)19-21-45-43(35)32-23-33(44-36-13-5-2-10-29(36)20-22-46-44)25-34(24-32)47-39-15-7-6-14-37(39)38-27-42-31(26-40(38)47)18-17-30-11-3-8-16-41(30)48-42;1-2-13-29(14-3-1)41-34-18-7-4-11-26(34)21-22-27-24-37-32(25-36(27)41)31-16-5-8-19-35(31)42(37)30-15-10-12-28(23-30)39-40-33-17-6-9-20-38(33)43-39/h1-35H;1-27H;1-25H. The lowest BCUT2D eigenvalue weighted by atomic mass is 9.97. The predicted molar refractivity (Wildman–Crippen MR) is 620 cm³/mol. The molecule has 0 saturated carbocycles. The molecule has 0 atom stereocenters. The molecule has 0 aliphatic carbocycles. The van der Waals surface area contributed by atoms with Gasteiger partial charge in [0.2, 0.25) is 5.89 Å². The van der Waals surface area contributed by atoms with E-state index in [-0.39, 0.29) is 0 Å². The van der Waals surface area contributed by atoms with E-state index in [1.165, 1.54) is 43.4 Å². The van der Waals surface area contributed by atoms with Crippen LogP contribution in [-0.4, -0.2) is 43.2 Å². The van der Waals surface area contributed by atoms with E-state index in [4.69, 9.17) is 34.1 Å². The molecule has 31 rings (SSSR count). The Morgan fingerprint density at radius 1 is 0.207 bits per heavy atom. The number of oxazole rings is 1. The van der Waals surface area contributed by atoms with Crippen molar-refractivity contribution in [3.63, 3.8) is 0 Å². The molecule has 0 radical (unpaired) electrons. The van der Waals surface area contributed by atoms with Gasteiger partial charge >= 0.3 is 0 Å². The van der Waals surface area contributed by atoms with Gasteiger partial charge in [0.15, 0.2) is 11.4 Å². The number of aromatic nitrogens is 9. The minimum Gasteiger partial charge on any atom is -0.456 e. The summed E-state index contributed by atoms with van der Waals surface area (Å²) >= 11 is 0. The smallest absolute Gasteiger partial charge is 0.227 e. The maximum absolute atomic E-state index is 6.52. The van der Waals surface area contributed by atoms with Crippen LogP contribution in [-0.2, 0) is 0 Å². The van der Waals surface area contributed by atoms with Gasteiger partial charge in [0, 0.05) is 151 Å². The SMILES string of the molecule is C1=Cc2cc3c(cc2N(c2ccccc2)c2ccccc21)c1ccccc1n3-c1ccc2c(c1)c1ccccc1n2-c1cc(-c2ccccc2)nc(-c2ccccc2)n1.C1=Cc2cc3c(cc2N(c2ccccc2)c2ccccc21)c1ccccc1n3-c1cccc(-c2nc3ccccc3o2)c1.C1=Cc2cc3c(cc2Oc2ccccc21)c1ccccc1n3-c1cc(-c2nccc3ccccc23)cc(-c2nccc3ccccc23)c1. The number of hydrogen-bond donors (Lipinski definition) is 0. The van der Waals surface area contributed by atoms with Crippen LogP contribution in [0.4, 0.5) is 34.1 Å². The molecule has 0 N–H and O–H groups in total. The number of benzene rings is 20. The summed E-state index contributed by atoms with van der Waals surface area (Å²) in [6, 6.07) is 169. The van der Waals surface area contributed by atoms with Gasteiger partial charge in [-0.05, 0) is 204 Å². The number of ether oxygens (including phenoxy) is 1. The van der Waals surface area contributed by atoms with Gasteiger partial charge in [-0.1, -0.05) is 328 Å². The molecule has 0 bridgehead atoms. The zero-order valence-corrected chi connectivity index (χ0v) is 81.0. The van der Waals surface area contributed by atoms with Crippen LogP contribution in [0.3, 0.4) is 0 Å². The average molecular weight is 1920 g/mol. The molecular weight excluding hydrogens is 1830 g/mol. The van der Waals surface area contributed by atoms with Crippen LogP contribution in [0.1, 0.15) is 33.4 Å². The molecule has 0 spiro atoms. The summed E-state index contributed by atoms with van der Waals surface area (Å²) in [5.74, 6) is 3.85. The van der Waals surface area contributed by atoms with Crippen molar-refractivity contribution in [1.29, 1.82) is 0 Å². The average Bonchev–Trinajstić information content (AvgIpc) is 1.55. The monoisotopic (exact) mass is 1920 g/mol. The van der Waals surface area contributed by atoms with Crippen LogP contribution < -0.4 is 14.5 Å². The molecule has 702 valence electrons. The van der Waals surface area contributed by atoms with Gasteiger partial charge in [-0.15, -0.1) is 0 Å². The fourth-order valence-corrected chi connectivity index (χ4v) is 22.6. The quantitative estimate of drug-likeness (QED) is 0.125. The Morgan fingerprint density at radius 2 is 0.620 bits per heavy atom. The van der Waals surface area contributed by atoms with Crippen molar-refractivity contribution < 1.29 is 9.15 Å². The van der Waals surface area contributed by atoms with Gasteiger partial charge in [-0.25, -0.2) is 15.0 Å². The second-order valence-electron chi connectivity index (χ2n) is 38.2. The second-order valence-corrected chi connectivity index (χ2v) is 38.2. The van der Waals surface area contributed by atoms with Crippen molar-refractivity contribution in [2.45, 2.75) is 0 Å². The summed E-state index contributed by atoms with van der Waals surface area (Å²) in [5.41, 5.74) is 35.4. The first-order valence-electron chi connectivity index (χ1n) is 50.6. The predicted octanol–water partition coefficient (Wildman–Crippen LogP) is 36.0. The fraction of sp³-hybridized carbons (Fsp3) is 0. The number of fused-ring (bicyclic) bond motifs is 21. The van der Waals surface area contributed by atoms with Crippen LogP contribution in [0, 0.1) is 0 Å². The van der Waals surface area contributed by atoms with Gasteiger partial charge in [0.1, 0.15) is 22.8 Å². The third kappa shape index (κ3) is 14.8. The number of anilines is 6. The van der Waals surface area contributed by atoms with E-state index in [0.717, 1.165) is 223 Å². The Bertz CT molecular complexity index is 10200. The number of pyridine rings is 2. The van der Waals surface area contributed by atoms with Crippen molar-refractivity contribution in [3.8, 4) is 91.0 Å². The number of para-hydroxylation sites is 11. The van der Waals surface area contributed by atoms with Crippen molar-refractivity contribution in [2.75, 3.05) is 9.80 Å². The second kappa shape index (κ2) is 35.9. The third-order valence-corrected chi connectivity index (χ3v) is 29.5. The molecule has 0 amide bonds. The molecule has 3 aliphatic rings. The summed E-state index contributed by atoms with van der Waals surface area (Å²) in [7, 11) is 0. The molecule has 0 fully saturated rings. The van der Waals surface area contributed by atoms with Crippen LogP contribution >= 0.6 is 0 Å². The first kappa shape index (κ1) is 86.3.